The van der Waals surface area contributed by atoms with Crippen LogP contribution in [0.25, 0.3) is 0 Å². The number of nitrogens with zero attached hydrogens (tertiary/aromatic N) is 1. The maximum Gasteiger partial charge on any atom is 0.226 e. The van der Waals surface area contributed by atoms with Gasteiger partial charge in [0.15, 0.2) is 9.84 Å². The van der Waals surface area contributed by atoms with Gasteiger partial charge in [-0.25, -0.2) is 8.42 Å². The molecule has 0 saturated carbocycles. The molecule has 1 amide bonds. The van der Waals surface area contributed by atoms with Gasteiger partial charge in [-0.2, -0.15) is 0 Å². The fourth-order valence-electron chi connectivity index (χ4n) is 2.72. The maximum atomic E-state index is 12.5. The predicted octanol–water partition coefficient (Wildman–Crippen LogP) is 0.925. The van der Waals surface area contributed by atoms with Crippen molar-refractivity contribution >= 4 is 15.7 Å². The minimum Gasteiger partial charge on any atom is -0.497 e. The van der Waals surface area contributed by atoms with E-state index in [4.69, 9.17) is 4.74 Å². The molecule has 0 spiro atoms. The van der Waals surface area contributed by atoms with E-state index in [0.29, 0.717) is 18.8 Å². The van der Waals surface area contributed by atoms with E-state index in [0.717, 1.165) is 6.54 Å². The summed E-state index contributed by atoms with van der Waals surface area (Å²) in [7, 11) is -1.97. The van der Waals surface area contributed by atoms with Crippen LogP contribution in [0.3, 0.4) is 0 Å². The molecule has 0 radical (unpaired) electrons. The summed E-state index contributed by atoms with van der Waals surface area (Å²) in [5.74, 6) is -0.248. The number of carbonyl (C=O) groups excluding carboxylic acids is 1. The van der Waals surface area contributed by atoms with Gasteiger partial charge in [-0.05, 0) is 31.2 Å². The molecule has 0 aromatic heterocycles. The monoisotopic (exact) mass is 340 g/mol. The molecule has 1 heterocycles. The molecule has 0 aliphatic carbocycles. The Morgan fingerprint density at radius 1 is 1.39 bits per heavy atom. The first kappa shape index (κ1) is 17.7. The van der Waals surface area contributed by atoms with E-state index in [-0.39, 0.29) is 22.6 Å². The Kier molecular flexibility index (Phi) is 5.64. The summed E-state index contributed by atoms with van der Waals surface area (Å²) in [5, 5.41) is 3.27. The van der Waals surface area contributed by atoms with Gasteiger partial charge in [-0.3, -0.25) is 4.79 Å². The summed E-state index contributed by atoms with van der Waals surface area (Å²) in [6.07, 6.45) is 0. The number of hydrogen-bond donors (Lipinski definition) is 1. The highest BCUT2D eigenvalue weighted by Crippen LogP contribution is 2.19. The molecule has 1 aliphatic heterocycles. The highest BCUT2D eigenvalue weighted by atomic mass is 32.2. The van der Waals surface area contributed by atoms with Crippen molar-refractivity contribution < 1.29 is 17.9 Å². The molecule has 1 fully saturated rings. The Hall–Kier alpha value is -1.60. The molecular formula is C16H24N2O4S. The van der Waals surface area contributed by atoms with Gasteiger partial charge in [-0.15, -0.1) is 0 Å². The first-order chi connectivity index (χ1) is 10.8. The van der Waals surface area contributed by atoms with Crippen molar-refractivity contribution in [3.8, 4) is 5.75 Å². The number of methoxy groups -OCH3 is 1. The molecule has 2 atom stereocenters. The van der Waals surface area contributed by atoms with Crippen LogP contribution in [0.5, 0.6) is 5.75 Å². The first-order valence-corrected chi connectivity index (χ1v) is 9.37. The average molecular weight is 340 g/mol. The molecule has 1 aliphatic rings. The van der Waals surface area contributed by atoms with Crippen molar-refractivity contribution in [1.29, 1.82) is 0 Å². The van der Waals surface area contributed by atoms with Crippen LogP contribution in [0.15, 0.2) is 29.2 Å². The van der Waals surface area contributed by atoms with Crippen molar-refractivity contribution in [2.75, 3.05) is 32.5 Å². The number of carbonyl (C=O) groups is 1. The molecule has 1 aromatic carbocycles. The van der Waals surface area contributed by atoms with Gasteiger partial charge < -0.3 is 15.0 Å². The lowest BCUT2D eigenvalue weighted by atomic mass is 10.1. The average Bonchev–Trinajstić information content (AvgIpc) is 2.53. The van der Waals surface area contributed by atoms with Crippen LogP contribution < -0.4 is 10.1 Å². The molecule has 1 aromatic rings. The van der Waals surface area contributed by atoms with Gasteiger partial charge in [0.05, 0.1) is 17.8 Å². The van der Waals surface area contributed by atoms with Crippen molar-refractivity contribution in [2.24, 2.45) is 5.92 Å². The quantitative estimate of drug-likeness (QED) is 0.863. The lowest BCUT2D eigenvalue weighted by Crippen LogP contribution is -2.53. The Bertz CT molecular complexity index is 643. The van der Waals surface area contributed by atoms with Gasteiger partial charge in [0.2, 0.25) is 5.91 Å². The molecule has 23 heavy (non-hydrogen) atoms. The van der Waals surface area contributed by atoms with E-state index in [9.17, 15) is 13.2 Å². The summed E-state index contributed by atoms with van der Waals surface area (Å²) in [6, 6.07) is 6.48. The lowest BCUT2D eigenvalue weighted by molar-refractivity contribution is -0.135. The molecule has 6 nitrogen and oxygen atoms in total. The maximum absolute atomic E-state index is 12.5. The largest absolute Gasteiger partial charge is 0.497 e. The van der Waals surface area contributed by atoms with Crippen molar-refractivity contribution in [1.82, 2.24) is 10.2 Å². The van der Waals surface area contributed by atoms with E-state index < -0.39 is 15.8 Å². The molecule has 2 rings (SSSR count). The number of nitrogens with one attached hydrogen (secondary N) is 1. The van der Waals surface area contributed by atoms with E-state index in [1.54, 1.807) is 24.0 Å². The second-order valence-corrected chi connectivity index (χ2v) is 8.03. The zero-order chi connectivity index (χ0) is 17.0. The van der Waals surface area contributed by atoms with E-state index in [1.807, 2.05) is 6.92 Å². The molecule has 1 N–H and O–H groups in total. The van der Waals surface area contributed by atoms with Crippen LogP contribution in [-0.4, -0.2) is 57.8 Å². The number of benzene rings is 1. The molecule has 1 saturated heterocycles. The minimum atomic E-state index is -3.50. The van der Waals surface area contributed by atoms with Crippen LogP contribution in [0.4, 0.5) is 0 Å². The standard InChI is InChI=1S/C16H24N2O4S/c1-12(16(19)18-9-8-17-13(2)10-18)11-23(20,21)15-6-4-14(22-3)5-7-15/h4-7,12-13,17H,8-11H2,1-3H3/t12-,13+/m0/s1. The summed E-state index contributed by atoms with van der Waals surface area (Å²) >= 11 is 0. The Morgan fingerprint density at radius 2 is 2.04 bits per heavy atom. The number of piperazine rings is 1. The highest BCUT2D eigenvalue weighted by molar-refractivity contribution is 7.91. The van der Waals surface area contributed by atoms with E-state index >= 15 is 0 Å². The van der Waals surface area contributed by atoms with Gasteiger partial charge >= 0.3 is 0 Å². The van der Waals surface area contributed by atoms with Gasteiger partial charge in [0.25, 0.3) is 0 Å². The fraction of sp³-hybridized carbons (Fsp3) is 0.562. The second-order valence-electron chi connectivity index (χ2n) is 6.00. The Balaban J connectivity index is 2.04. The summed E-state index contributed by atoms with van der Waals surface area (Å²) in [6.45, 7) is 5.67. The van der Waals surface area contributed by atoms with Gasteiger partial charge in [0.1, 0.15) is 5.75 Å². The lowest BCUT2D eigenvalue weighted by Gasteiger charge is -2.33. The summed E-state index contributed by atoms with van der Waals surface area (Å²) in [5.41, 5.74) is 0. The van der Waals surface area contributed by atoms with Crippen LogP contribution in [0.2, 0.25) is 0 Å². The summed E-state index contributed by atoms with van der Waals surface area (Å²) in [4.78, 5) is 14.4. The minimum absolute atomic E-state index is 0.101. The number of ether oxygens (including phenoxy) is 1. The van der Waals surface area contributed by atoms with Crippen molar-refractivity contribution in [3.05, 3.63) is 24.3 Å². The Morgan fingerprint density at radius 3 is 2.61 bits per heavy atom. The number of amides is 1. The van der Waals surface area contributed by atoms with Crippen molar-refractivity contribution in [3.63, 3.8) is 0 Å². The topological polar surface area (TPSA) is 75.7 Å². The number of sulfone groups is 1. The molecular weight excluding hydrogens is 316 g/mol. The zero-order valence-electron chi connectivity index (χ0n) is 13.8. The molecule has 0 bridgehead atoms. The third-order valence-corrected chi connectivity index (χ3v) is 5.92. The van der Waals surface area contributed by atoms with Crippen LogP contribution in [-0.2, 0) is 14.6 Å². The molecule has 0 unspecified atom stereocenters. The van der Waals surface area contributed by atoms with E-state index in [2.05, 4.69) is 5.32 Å². The molecule has 7 heteroatoms. The van der Waals surface area contributed by atoms with E-state index in [1.165, 1.54) is 19.2 Å². The van der Waals surface area contributed by atoms with Crippen LogP contribution in [0, 0.1) is 5.92 Å². The first-order valence-electron chi connectivity index (χ1n) is 7.72. The number of hydrogen-bond acceptors (Lipinski definition) is 5. The third-order valence-electron chi connectivity index (χ3n) is 3.99. The zero-order valence-corrected chi connectivity index (χ0v) is 14.6. The summed E-state index contributed by atoms with van der Waals surface area (Å²) < 4.78 is 30.0. The SMILES string of the molecule is COc1ccc(S(=O)(=O)C[C@H](C)C(=O)N2CCN[C@H](C)C2)cc1. The third kappa shape index (κ3) is 4.45. The highest BCUT2D eigenvalue weighted by Gasteiger charge is 2.28. The smallest absolute Gasteiger partial charge is 0.226 e. The van der Waals surface area contributed by atoms with Gasteiger partial charge in [0, 0.05) is 31.6 Å². The van der Waals surface area contributed by atoms with Crippen LogP contribution in [0.1, 0.15) is 13.8 Å². The fourth-order valence-corrected chi connectivity index (χ4v) is 4.27. The molecule has 128 valence electrons. The number of rotatable bonds is 5. The van der Waals surface area contributed by atoms with Crippen molar-refractivity contribution in [2.45, 2.75) is 24.8 Å². The predicted molar refractivity (Wildman–Crippen MR) is 88.3 cm³/mol. The second kappa shape index (κ2) is 7.31. The Labute approximate surface area is 137 Å². The normalized spacial score (nSPS) is 20.1. The van der Waals surface area contributed by atoms with Gasteiger partial charge in [-0.1, -0.05) is 6.92 Å². The van der Waals surface area contributed by atoms with Crippen LogP contribution >= 0.6 is 0 Å².